The van der Waals surface area contributed by atoms with E-state index in [0.29, 0.717) is 16.6 Å². The standard InChI is InChI=1S/C13H18Cl2N2O2/c1-4-8(2)5-9(3)16-12-6-10(14)11(15)7-13(12)17(18)19/h6-9,16H,4-5H2,1-3H3. The van der Waals surface area contributed by atoms with Gasteiger partial charge in [-0.3, -0.25) is 10.1 Å². The molecule has 0 saturated heterocycles. The first-order valence-corrected chi connectivity index (χ1v) is 7.00. The van der Waals surface area contributed by atoms with Crippen molar-refractivity contribution in [2.75, 3.05) is 5.32 Å². The molecule has 1 aromatic carbocycles. The maximum atomic E-state index is 11.0. The van der Waals surface area contributed by atoms with Crippen LogP contribution in [-0.4, -0.2) is 11.0 Å². The van der Waals surface area contributed by atoms with Gasteiger partial charge in [0.05, 0.1) is 15.0 Å². The molecule has 2 unspecified atom stereocenters. The molecule has 2 atom stereocenters. The number of halogens is 2. The SMILES string of the molecule is CCC(C)CC(C)Nc1cc(Cl)c(Cl)cc1[N+](=O)[O-]. The number of hydrogen-bond acceptors (Lipinski definition) is 3. The van der Waals surface area contributed by atoms with Crippen molar-refractivity contribution in [1.29, 1.82) is 0 Å². The number of hydrogen-bond donors (Lipinski definition) is 1. The highest BCUT2D eigenvalue weighted by Crippen LogP contribution is 2.34. The molecule has 1 aromatic rings. The van der Waals surface area contributed by atoms with Gasteiger partial charge in [0.15, 0.2) is 0 Å². The van der Waals surface area contributed by atoms with E-state index in [1.807, 2.05) is 6.92 Å². The van der Waals surface area contributed by atoms with E-state index in [4.69, 9.17) is 23.2 Å². The summed E-state index contributed by atoms with van der Waals surface area (Å²) in [5, 5.41) is 14.6. The van der Waals surface area contributed by atoms with Crippen molar-refractivity contribution >= 4 is 34.6 Å². The number of anilines is 1. The van der Waals surface area contributed by atoms with Gasteiger partial charge in [-0.1, -0.05) is 43.5 Å². The molecule has 19 heavy (non-hydrogen) atoms. The summed E-state index contributed by atoms with van der Waals surface area (Å²) in [5.41, 5.74) is 0.362. The first-order chi connectivity index (χ1) is 8.85. The summed E-state index contributed by atoms with van der Waals surface area (Å²) in [5.74, 6) is 0.560. The van der Waals surface area contributed by atoms with E-state index < -0.39 is 4.92 Å². The van der Waals surface area contributed by atoms with Crippen molar-refractivity contribution in [3.05, 3.63) is 32.3 Å². The van der Waals surface area contributed by atoms with Gasteiger partial charge < -0.3 is 5.32 Å². The normalized spacial score (nSPS) is 13.9. The zero-order valence-corrected chi connectivity index (χ0v) is 12.8. The van der Waals surface area contributed by atoms with E-state index in [1.165, 1.54) is 12.1 Å². The van der Waals surface area contributed by atoms with Crippen molar-refractivity contribution in [3.63, 3.8) is 0 Å². The average Bonchev–Trinajstić information content (AvgIpc) is 2.32. The largest absolute Gasteiger partial charge is 0.377 e. The van der Waals surface area contributed by atoms with Crippen LogP contribution < -0.4 is 5.32 Å². The summed E-state index contributed by atoms with van der Waals surface area (Å²) in [6.45, 7) is 6.28. The maximum absolute atomic E-state index is 11.0. The predicted molar refractivity (Wildman–Crippen MR) is 80.3 cm³/mol. The highest BCUT2D eigenvalue weighted by Gasteiger charge is 2.19. The molecule has 4 nitrogen and oxygen atoms in total. The number of nitrogens with zero attached hydrogens (tertiary/aromatic N) is 1. The average molecular weight is 305 g/mol. The molecule has 0 aliphatic carbocycles. The first-order valence-electron chi connectivity index (χ1n) is 6.25. The third-order valence-electron chi connectivity index (χ3n) is 3.09. The van der Waals surface area contributed by atoms with Crippen molar-refractivity contribution in [1.82, 2.24) is 0 Å². The van der Waals surface area contributed by atoms with Crippen LogP contribution in [0.4, 0.5) is 11.4 Å². The molecule has 0 heterocycles. The molecule has 0 aliphatic rings. The predicted octanol–water partition coefficient (Wildman–Crippen LogP) is 5.14. The Morgan fingerprint density at radius 3 is 2.42 bits per heavy atom. The van der Waals surface area contributed by atoms with Crippen molar-refractivity contribution in [3.8, 4) is 0 Å². The zero-order valence-electron chi connectivity index (χ0n) is 11.2. The van der Waals surface area contributed by atoms with Crippen LogP contribution in [0.5, 0.6) is 0 Å². The summed E-state index contributed by atoms with van der Waals surface area (Å²) in [7, 11) is 0. The monoisotopic (exact) mass is 304 g/mol. The molecule has 1 rings (SSSR count). The lowest BCUT2D eigenvalue weighted by Crippen LogP contribution is -2.19. The topological polar surface area (TPSA) is 55.2 Å². The van der Waals surface area contributed by atoms with Gasteiger partial charge in [-0.25, -0.2) is 0 Å². The van der Waals surface area contributed by atoms with Gasteiger partial charge in [0.1, 0.15) is 5.69 Å². The van der Waals surface area contributed by atoms with Crippen molar-refractivity contribution < 1.29 is 4.92 Å². The van der Waals surface area contributed by atoms with E-state index in [0.717, 1.165) is 12.8 Å². The Morgan fingerprint density at radius 2 is 1.89 bits per heavy atom. The summed E-state index contributed by atoms with van der Waals surface area (Å²) in [6, 6.07) is 2.92. The number of nitrogens with one attached hydrogen (secondary N) is 1. The highest BCUT2D eigenvalue weighted by atomic mass is 35.5. The molecule has 0 radical (unpaired) electrons. The van der Waals surface area contributed by atoms with E-state index in [2.05, 4.69) is 19.2 Å². The van der Waals surface area contributed by atoms with E-state index in [1.54, 1.807) is 0 Å². The Balaban J connectivity index is 2.93. The molecule has 0 bridgehead atoms. The van der Waals surface area contributed by atoms with Gasteiger partial charge >= 0.3 is 0 Å². The molecule has 0 spiro atoms. The Labute approximate surface area is 123 Å². The maximum Gasteiger partial charge on any atom is 0.293 e. The molecule has 1 N–H and O–H groups in total. The van der Waals surface area contributed by atoms with Crippen LogP contribution in [0, 0.1) is 16.0 Å². The molecule has 0 aromatic heterocycles. The first kappa shape index (κ1) is 16.1. The van der Waals surface area contributed by atoms with Crippen LogP contribution in [-0.2, 0) is 0 Å². The fourth-order valence-electron chi connectivity index (χ4n) is 1.90. The molecule has 0 aliphatic heterocycles. The van der Waals surface area contributed by atoms with Crippen LogP contribution in [0.3, 0.4) is 0 Å². The lowest BCUT2D eigenvalue weighted by atomic mass is 10.00. The minimum absolute atomic E-state index is 0.0506. The number of nitro groups is 1. The molecule has 0 saturated carbocycles. The second-order valence-electron chi connectivity index (χ2n) is 4.84. The fourth-order valence-corrected chi connectivity index (χ4v) is 2.22. The van der Waals surface area contributed by atoms with Crippen molar-refractivity contribution in [2.24, 2.45) is 5.92 Å². The Kier molecular flexibility index (Phi) is 5.88. The summed E-state index contributed by atoms with van der Waals surface area (Å²) >= 11 is 11.7. The second kappa shape index (κ2) is 6.96. The highest BCUT2D eigenvalue weighted by molar-refractivity contribution is 6.42. The smallest absolute Gasteiger partial charge is 0.293 e. The number of nitro benzene ring substituents is 1. The van der Waals surface area contributed by atoms with Crippen molar-refractivity contribution in [2.45, 2.75) is 39.7 Å². The lowest BCUT2D eigenvalue weighted by Gasteiger charge is -2.19. The Hall–Kier alpha value is -1.00. The molecular formula is C13H18Cl2N2O2. The van der Waals surface area contributed by atoms with E-state index in [-0.39, 0.29) is 16.8 Å². The number of benzene rings is 1. The zero-order chi connectivity index (χ0) is 14.6. The lowest BCUT2D eigenvalue weighted by molar-refractivity contribution is -0.384. The van der Waals surface area contributed by atoms with Crippen LogP contribution in [0.15, 0.2) is 12.1 Å². The molecule has 106 valence electrons. The van der Waals surface area contributed by atoms with Gasteiger partial charge in [0.2, 0.25) is 0 Å². The minimum Gasteiger partial charge on any atom is -0.377 e. The Morgan fingerprint density at radius 1 is 1.32 bits per heavy atom. The second-order valence-corrected chi connectivity index (χ2v) is 5.65. The van der Waals surface area contributed by atoms with Crippen LogP contribution in [0.25, 0.3) is 0 Å². The summed E-state index contributed by atoms with van der Waals surface area (Å²) in [4.78, 5) is 10.6. The number of rotatable bonds is 6. The molecule has 0 fully saturated rings. The molecule has 0 amide bonds. The van der Waals surface area contributed by atoms with E-state index in [9.17, 15) is 10.1 Å². The summed E-state index contributed by atoms with van der Waals surface area (Å²) in [6.07, 6.45) is 2.02. The quantitative estimate of drug-likeness (QED) is 0.585. The molecule has 6 heteroatoms. The third kappa shape index (κ3) is 4.55. The van der Waals surface area contributed by atoms with Crippen LogP contribution in [0.2, 0.25) is 10.0 Å². The van der Waals surface area contributed by atoms with Gasteiger partial charge in [0, 0.05) is 12.1 Å². The van der Waals surface area contributed by atoms with Crippen LogP contribution in [0.1, 0.15) is 33.6 Å². The third-order valence-corrected chi connectivity index (χ3v) is 3.81. The van der Waals surface area contributed by atoms with Gasteiger partial charge in [-0.2, -0.15) is 0 Å². The summed E-state index contributed by atoms with van der Waals surface area (Å²) < 4.78 is 0. The Bertz CT molecular complexity index is 466. The van der Waals surface area contributed by atoms with Crippen LogP contribution >= 0.6 is 23.2 Å². The fraction of sp³-hybridized carbons (Fsp3) is 0.538. The van der Waals surface area contributed by atoms with E-state index >= 15 is 0 Å². The van der Waals surface area contributed by atoms with Gasteiger partial charge in [0.25, 0.3) is 5.69 Å². The van der Waals surface area contributed by atoms with Gasteiger partial charge in [-0.15, -0.1) is 0 Å². The van der Waals surface area contributed by atoms with Gasteiger partial charge in [-0.05, 0) is 25.3 Å². The molecular weight excluding hydrogens is 287 g/mol. The minimum atomic E-state index is -0.458.